The van der Waals surface area contributed by atoms with Crippen LogP contribution in [0.3, 0.4) is 0 Å². The zero-order chi connectivity index (χ0) is 25.1. The maximum Gasteiger partial charge on any atom is 0.243 e. The number of ether oxygens (including phenoxy) is 1. The van der Waals surface area contributed by atoms with Crippen molar-refractivity contribution in [1.82, 2.24) is 13.9 Å². The third-order valence-corrected chi connectivity index (χ3v) is 10.2. The van der Waals surface area contributed by atoms with Gasteiger partial charge in [-0.2, -0.15) is 8.61 Å². The summed E-state index contributed by atoms with van der Waals surface area (Å²) in [6.07, 6.45) is 1.17. The SMILES string of the molecule is O=C(NCc1ccc(S(=O)(=O)N2CCOCC2)cc1)[C@@H]1CCCN(S(=O)(=O)c2ccc(Cl)cc2)C1. The lowest BCUT2D eigenvalue weighted by molar-refractivity contribution is -0.126. The van der Waals surface area contributed by atoms with E-state index in [0.717, 1.165) is 5.56 Å². The standard InChI is InChI=1S/C23H28ClN3O6S2/c24-20-5-9-22(10-6-20)35(31,32)27-11-1-2-19(17-27)23(28)25-16-18-3-7-21(8-4-18)34(29,30)26-12-14-33-15-13-26/h3-10,19H,1-2,11-17H2,(H,25,28)/t19-/m1/s1. The number of amides is 1. The van der Waals surface area contributed by atoms with Crippen LogP contribution in [0, 0.1) is 5.92 Å². The van der Waals surface area contributed by atoms with Gasteiger partial charge < -0.3 is 10.1 Å². The van der Waals surface area contributed by atoms with Crippen molar-refractivity contribution < 1.29 is 26.4 Å². The molecule has 0 saturated carbocycles. The van der Waals surface area contributed by atoms with Crippen LogP contribution < -0.4 is 5.32 Å². The Morgan fingerprint density at radius 3 is 2.09 bits per heavy atom. The molecule has 12 heteroatoms. The van der Waals surface area contributed by atoms with E-state index in [1.807, 2.05) is 0 Å². The Balaban J connectivity index is 1.34. The highest BCUT2D eigenvalue weighted by Gasteiger charge is 2.33. The van der Waals surface area contributed by atoms with E-state index in [4.69, 9.17) is 16.3 Å². The van der Waals surface area contributed by atoms with Gasteiger partial charge in [0, 0.05) is 37.7 Å². The van der Waals surface area contributed by atoms with E-state index < -0.39 is 26.0 Å². The first-order chi connectivity index (χ1) is 16.7. The van der Waals surface area contributed by atoms with Gasteiger partial charge in [0.25, 0.3) is 0 Å². The fourth-order valence-electron chi connectivity index (χ4n) is 4.18. The summed E-state index contributed by atoms with van der Waals surface area (Å²) in [6, 6.07) is 12.4. The molecule has 1 atom stereocenters. The highest BCUT2D eigenvalue weighted by Crippen LogP contribution is 2.25. The normalized spacial score (nSPS) is 20.4. The quantitative estimate of drug-likeness (QED) is 0.574. The first kappa shape index (κ1) is 26.1. The second-order valence-electron chi connectivity index (χ2n) is 8.53. The number of carbonyl (C=O) groups excluding carboxylic acids is 1. The Morgan fingerprint density at radius 1 is 0.886 bits per heavy atom. The van der Waals surface area contributed by atoms with Crippen molar-refractivity contribution in [3.05, 3.63) is 59.1 Å². The number of hydrogen-bond acceptors (Lipinski definition) is 6. The van der Waals surface area contributed by atoms with Crippen LogP contribution in [0.2, 0.25) is 5.02 Å². The molecule has 2 fully saturated rings. The van der Waals surface area contributed by atoms with Crippen LogP contribution in [0.15, 0.2) is 58.3 Å². The summed E-state index contributed by atoms with van der Waals surface area (Å²) in [5.74, 6) is -0.696. The number of carbonyl (C=O) groups is 1. The molecule has 0 spiro atoms. The number of hydrogen-bond donors (Lipinski definition) is 1. The third-order valence-electron chi connectivity index (χ3n) is 6.20. The third kappa shape index (κ3) is 6.04. The Bertz CT molecular complexity index is 1250. The molecule has 9 nitrogen and oxygen atoms in total. The van der Waals surface area contributed by atoms with E-state index >= 15 is 0 Å². The molecular formula is C23H28ClN3O6S2. The molecule has 0 radical (unpaired) electrons. The van der Waals surface area contributed by atoms with Gasteiger partial charge in [-0.05, 0) is 54.8 Å². The zero-order valence-electron chi connectivity index (χ0n) is 19.1. The van der Waals surface area contributed by atoms with Crippen LogP contribution in [0.25, 0.3) is 0 Å². The molecule has 0 aliphatic carbocycles. The van der Waals surface area contributed by atoms with Gasteiger partial charge >= 0.3 is 0 Å². The molecule has 0 aromatic heterocycles. The topological polar surface area (TPSA) is 113 Å². The van der Waals surface area contributed by atoms with Crippen molar-refractivity contribution >= 4 is 37.6 Å². The van der Waals surface area contributed by atoms with Gasteiger partial charge in [-0.25, -0.2) is 16.8 Å². The molecule has 190 valence electrons. The summed E-state index contributed by atoms with van der Waals surface area (Å²) in [5, 5.41) is 3.31. The van der Waals surface area contributed by atoms with Crippen molar-refractivity contribution in [1.29, 1.82) is 0 Å². The monoisotopic (exact) mass is 541 g/mol. The van der Waals surface area contributed by atoms with Crippen molar-refractivity contribution in [3.8, 4) is 0 Å². The summed E-state index contributed by atoms with van der Waals surface area (Å²) in [7, 11) is -7.29. The largest absolute Gasteiger partial charge is 0.379 e. The lowest BCUT2D eigenvalue weighted by Crippen LogP contribution is -2.45. The van der Waals surface area contributed by atoms with E-state index in [-0.39, 0.29) is 28.8 Å². The fourth-order valence-corrected chi connectivity index (χ4v) is 7.24. The van der Waals surface area contributed by atoms with E-state index in [1.165, 1.54) is 45.0 Å². The van der Waals surface area contributed by atoms with Crippen LogP contribution in [-0.2, 0) is 36.1 Å². The maximum absolute atomic E-state index is 13.0. The molecule has 1 amide bonds. The first-order valence-electron chi connectivity index (χ1n) is 11.4. The molecule has 2 aromatic carbocycles. The highest BCUT2D eigenvalue weighted by molar-refractivity contribution is 7.89. The number of nitrogens with zero attached hydrogens (tertiary/aromatic N) is 2. The van der Waals surface area contributed by atoms with Gasteiger partial charge in [-0.3, -0.25) is 4.79 Å². The van der Waals surface area contributed by atoms with Crippen LogP contribution in [0.5, 0.6) is 0 Å². The highest BCUT2D eigenvalue weighted by atomic mass is 35.5. The summed E-state index contributed by atoms with van der Waals surface area (Å²) >= 11 is 5.87. The van der Waals surface area contributed by atoms with E-state index in [2.05, 4.69) is 5.32 Å². The molecule has 1 N–H and O–H groups in total. The number of nitrogens with one attached hydrogen (secondary N) is 1. The number of rotatable bonds is 7. The maximum atomic E-state index is 13.0. The summed E-state index contributed by atoms with van der Waals surface area (Å²) < 4.78 is 59.4. The molecule has 2 aliphatic heterocycles. The van der Waals surface area contributed by atoms with Gasteiger partial charge in [0.2, 0.25) is 26.0 Å². The van der Waals surface area contributed by atoms with Crippen molar-refractivity contribution in [2.45, 2.75) is 29.2 Å². The number of piperidine rings is 1. The van der Waals surface area contributed by atoms with Crippen molar-refractivity contribution in [2.24, 2.45) is 5.92 Å². The average molecular weight is 542 g/mol. The average Bonchev–Trinajstić information content (AvgIpc) is 2.88. The molecule has 2 saturated heterocycles. The number of halogens is 1. The molecule has 4 rings (SSSR count). The minimum atomic E-state index is -3.71. The lowest BCUT2D eigenvalue weighted by Gasteiger charge is -2.31. The van der Waals surface area contributed by atoms with Gasteiger partial charge in [0.05, 0.1) is 28.9 Å². The Morgan fingerprint density at radius 2 is 1.46 bits per heavy atom. The minimum Gasteiger partial charge on any atom is -0.379 e. The number of morpholine rings is 1. The van der Waals surface area contributed by atoms with Gasteiger partial charge in [0.1, 0.15) is 0 Å². The van der Waals surface area contributed by atoms with E-state index in [9.17, 15) is 21.6 Å². The van der Waals surface area contributed by atoms with Gasteiger partial charge in [-0.15, -0.1) is 0 Å². The van der Waals surface area contributed by atoms with Gasteiger partial charge in [-0.1, -0.05) is 23.7 Å². The Hall–Kier alpha value is -2.02. The predicted molar refractivity (Wildman–Crippen MR) is 131 cm³/mol. The molecule has 0 bridgehead atoms. The molecule has 0 unspecified atom stereocenters. The van der Waals surface area contributed by atoms with Crippen LogP contribution in [-0.4, -0.2) is 70.7 Å². The second-order valence-corrected chi connectivity index (χ2v) is 12.8. The zero-order valence-corrected chi connectivity index (χ0v) is 21.5. The molecular weight excluding hydrogens is 514 g/mol. The van der Waals surface area contributed by atoms with Crippen LogP contribution in [0.4, 0.5) is 0 Å². The summed E-state index contributed by atoms with van der Waals surface area (Å²) in [5.41, 5.74) is 0.751. The van der Waals surface area contributed by atoms with Crippen molar-refractivity contribution in [2.75, 3.05) is 39.4 Å². The molecule has 2 heterocycles. The fraction of sp³-hybridized carbons (Fsp3) is 0.435. The Labute approximate surface area is 211 Å². The molecule has 35 heavy (non-hydrogen) atoms. The second kappa shape index (κ2) is 10.9. The number of benzene rings is 2. The van der Waals surface area contributed by atoms with E-state index in [1.54, 1.807) is 12.1 Å². The predicted octanol–water partition coefficient (Wildman–Crippen LogP) is 2.08. The molecule has 2 aromatic rings. The van der Waals surface area contributed by atoms with Crippen molar-refractivity contribution in [3.63, 3.8) is 0 Å². The lowest BCUT2D eigenvalue weighted by atomic mass is 9.99. The summed E-state index contributed by atoms with van der Waals surface area (Å²) in [4.78, 5) is 13.1. The Kier molecular flexibility index (Phi) is 8.14. The van der Waals surface area contributed by atoms with Gasteiger partial charge in [0.15, 0.2) is 0 Å². The minimum absolute atomic E-state index is 0.105. The van der Waals surface area contributed by atoms with E-state index in [0.29, 0.717) is 50.7 Å². The molecule has 2 aliphatic rings. The smallest absolute Gasteiger partial charge is 0.243 e. The summed E-state index contributed by atoms with van der Waals surface area (Å²) in [6.45, 7) is 2.09. The van der Waals surface area contributed by atoms with Crippen LogP contribution >= 0.6 is 11.6 Å². The number of sulfonamides is 2. The first-order valence-corrected chi connectivity index (χ1v) is 14.6. The van der Waals surface area contributed by atoms with Crippen LogP contribution in [0.1, 0.15) is 18.4 Å².